The van der Waals surface area contributed by atoms with Gasteiger partial charge < -0.3 is 14.2 Å². The summed E-state index contributed by atoms with van der Waals surface area (Å²) in [5.41, 5.74) is 0.852. The lowest BCUT2D eigenvalue weighted by Crippen LogP contribution is -2.20. The molecule has 2 rings (SSSR count). The van der Waals surface area contributed by atoms with Crippen molar-refractivity contribution in [3.05, 3.63) is 59.2 Å². The molecule has 0 saturated heterocycles. The van der Waals surface area contributed by atoms with E-state index in [1.54, 1.807) is 0 Å². The standard InChI is InChI=1S/C9H9FO3.C8H8FNO3/c1-12-7-5-3-4-6(10)8(7)9(11)13-2;1-13-6-4-2-3-5(9)7(6)8(11)10-12/h3-5H,1-2H3;2-4,12H,1H3,(H,10,11). The van der Waals surface area contributed by atoms with Gasteiger partial charge in [-0.3, -0.25) is 10.0 Å². The van der Waals surface area contributed by atoms with E-state index in [0.29, 0.717) is 0 Å². The van der Waals surface area contributed by atoms with Crippen molar-refractivity contribution in [2.24, 2.45) is 0 Å². The van der Waals surface area contributed by atoms with E-state index in [1.165, 1.54) is 57.1 Å². The highest BCUT2D eigenvalue weighted by atomic mass is 19.1. The first-order valence-electron chi connectivity index (χ1n) is 7.08. The fourth-order valence-electron chi connectivity index (χ4n) is 1.93. The van der Waals surface area contributed by atoms with Gasteiger partial charge in [0.1, 0.15) is 34.3 Å². The van der Waals surface area contributed by atoms with Crippen LogP contribution >= 0.6 is 0 Å². The molecule has 0 atom stereocenters. The summed E-state index contributed by atoms with van der Waals surface area (Å²) in [4.78, 5) is 22.0. The quantitative estimate of drug-likeness (QED) is 0.489. The normalized spacial score (nSPS) is 9.46. The Morgan fingerprint density at radius 2 is 1.35 bits per heavy atom. The zero-order valence-corrected chi connectivity index (χ0v) is 14.2. The van der Waals surface area contributed by atoms with Crippen LogP contribution in [0.1, 0.15) is 20.7 Å². The van der Waals surface area contributed by atoms with Crippen LogP contribution in [-0.2, 0) is 4.74 Å². The van der Waals surface area contributed by atoms with Crippen molar-refractivity contribution < 1.29 is 37.8 Å². The van der Waals surface area contributed by atoms with Crippen molar-refractivity contribution in [1.29, 1.82) is 0 Å². The lowest BCUT2D eigenvalue weighted by molar-refractivity contribution is 0.0591. The van der Waals surface area contributed by atoms with Crippen LogP contribution in [0, 0.1) is 11.6 Å². The first-order chi connectivity index (χ1) is 12.4. The van der Waals surface area contributed by atoms with Crippen LogP contribution in [-0.4, -0.2) is 38.4 Å². The van der Waals surface area contributed by atoms with Crippen LogP contribution in [0.15, 0.2) is 36.4 Å². The Labute approximate surface area is 148 Å². The SMILES string of the molecule is COC(=O)c1c(F)cccc1OC.COc1cccc(F)c1C(=O)NO. The number of hydroxylamine groups is 1. The van der Waals surface area contributed by atoms with Gasteiger partial charge in [0.2, 0.25) is 0 Å². The minimum atomic E-state index is -0.935. The molecule has 140 valence electrons. The maximum Gasteiger partial charge on any atom is 0.344 e. The Kier molecular flexibility index (Phi) is 7.97. The van der Waals surface area contributed by atoms with Crippen LogP contribution in [0.2, 0.25) is 0 Å². The van der Waals surface area contributed by atoms with Crippen LogP contribution in [0.3, 0.4) is 0 Å². The Morgan fingerprint density at radius 1 is 0.885 bits per heavy atom. The molecule has 1 amide bonds. The molecule has 0 aliphatic carbocycles. The number of methoxy groups -OCH3 is 3. The molecule has 0 aliphatic rings. The molecule has 7 nitrogen and oxygen atoms in total. The van der Waals surface area contributed by atoms with Crippen molar-refractivity contribution >= 4 is 11.9 Å². The highest BCUT2D eigenvalue weighted by molar-refractivity contribution is 5.96. The van der Waals surface area contributed by atoms with E-state index >= 15 is 0 Å². The second-order valence-electron chi connectivity index (χ2n) is 4.57. The highest BCUT2D eigenvalue weighted by Gasteiger charge is 2.17. The molecular weight excluding hydrogens is 352 g/mol. The summed E-state index contributed by atoms with van der Waals surface area (Å²) < 4.78 is 40.1. The van der Waals surface area contributed by atoms with Crippen LogP contribution in [0.25, 0.3) is 0 Å². The number of hydrogen-bond donors (Lipinski definition) is 2. The number of rotatable bonds is 4. The highest BCUT2D eigenvalue weighted by Crippen LogP contribution is 2.22. The molecule has 0 radical (unpaired) electrons. The van der Waals surface area contributed by atoms with Crippen molar-refractivity contribution in [2.75, 3.05) is 21.3 Å². The van der Waals surface area contributed by atoms with Crippen LogP contribution < -0.4 is 15.0 Å². The summed E-state index contributed by atoms with van der Waals surface area (Å²) in [6.45, 7) is 0. The molecule has 2 aromatic rings. The first kappa shape index (κ1) is 20.8. The van der Waals surface area contributed by atoms with Gasteiger partial charge in [-0.15, -0.1) is 0 Å². The smallest absolute Gasteiger partial charge is 0.344 e. The van der Waals surface area contributed by atoms with E-state index in [-0.39, 0.29) is 22.6 Å². The zero-order valence-electron chi connectivity index (χ0n) is 14.2. The predicted molar refractivity (Wildman–Crippen MR) is 86.5 cm³/mol. The molecule has 0 saturated carbocycles. The maximum atomic E-state index is 13.1. The lowest BCUT2D eigenvalue weighted by atomic mass is 10.2. The fourth-order valence-corrected chi connectivity index (χ4v) is 1.93. The summed E-state index contributed by atoms with van der Waals surface area (Å²) in [5.74, 6) is -2.82. The molecule has 0 aliphatic heterocycles. The molecule has 26 heavy (non-hydrogen) atoms. The van der Waals surface area contributed by atoms with E-state index in [0.717, 1.165) is 6.07 Å². The molecule has 0 aromatic heterocycles. The van der Waals surface area contributed by atoms with E-state index in [1.807, 2.05) is 0 Å². The van der Waals surface area contributed by atoms with Gasteiger partial charge in [0.25, 0.3) is 5.91 Å². The van der Waals surface area contributed by atoms with Crippen LogP contribution in [0.4, 0.5) is 8.78 Å². The molecule has 0 spiro atoms. The van der Waals surface area contributed by atoms with Gasteiger partial charge in [0, 0.05) is 0 Å². The number of esters is 1. The van der Waals surface area contributed by atoms with Gasteiger partial charge in [0.05, 0.1) is 21.3 Å². The van der Waals surface area contributed by atoms with Gasteiger partial charge in [-0.2, -0.15) is 0 Å². The average molecular weight is 369 g/mol. The minimum Gasteiger partial charge on any atom is -0.496 e. The third kappa shape index (κ3) is 4.90. The fraction of sp³-hybridized carbons (Fsp3) is 0.176. The van der Waals surface area contributed by atoms with Gasteiger partial charge >= 0.3 is 5.97 Å². The average Bonchev–Trinajstić information content (AvgIpc) is 2.66. The number of carbonyl (C=O) groups excluding carboxylic acids is 2. The van der Waals surface area contributed by atoms with Gasteiger partial charge in [-0.05, 0) is 24.3 Å². The Balaban J connectivity index is 0.000000260. The monoisotopic (exact) mass is 369 g/mol. The molecule has 2 N–H and O–H groups in total. The number of halogens is 2. The summed E-state index contributed by atoms with van der Waals surface area (Å²) >= 11 is 0. The first-order valence-corrected chi connectivity index (χ1v) is 7.08. The number of carbonyl (C=O) groups is 2. The molecule has 0 unspecified atom stereocenters. The summed E-state index contributed by atoms with van der Waals surface area (Å²) in [6, 6.07) is 8.06. The summed E-state index contributed by atoms with van der Waals surface area (Å²) in [7, 11) is 3.86. The Hall–Kier alpha value is -3.20. The van der Waals surface area contributed by atoms with Crippen molar-refractivity contribution in [1.82, 2.24) is 5.48 Å². The number of benzene rings is 2. The summed E-state index contributed by atoms with van der Waals surface area (Å²) in [6.07, 6.45) is 0. The number of hydrogen-bond acceptors (Lipinski definition) is 6. The third-order valence-corrected chi connectivity index (χ3v) is 3.11. The number of ether oxygens (including phenoxy) is 3. The van der Waals surface area contributed by atoms with Gasteiger partial charge in [-0.25, -0.2) is 19.1 Å². The van der Waals surface area contributed by atoms with Gasteiger partial charge in [0.15, 0.2) is 0 Å². The third-order valence-electron chi connectivity index (χ3n) is 3.11. The van der Waals surface area contributed by atoms with E-state index < -0.39 is 23.5 Å². The topological polar surface area (TPSA) is 94.1 Å². The minimum absolute atomic E-state index is 0.0755. The Morgan fingerprint density at radius 3 is 1.77 bits per heavy atom. The van der Waals surface area contributed by atoms with Gasteiger partial charge in [-0.1, -0.05) is 12.1 Å². The van der Waals surface area contributed by atoms with Crippen molar-refractivity contribution in [3.8, 4) is 11.5 Å². The number of nitrogens with one attached hydrogen (secondary N) is 1. The largest absolute Gasteiger partial charge is 0.496 e. The van der Waals surface area contributed by atoms with Crippen molar-refractivity contribution in [3.63, 3.8) is 0 Å². The van der Waals surface area contributed by atoms with E-state index in [4.69, 9.17) is 14.7 Å². The maximum absolute atomic E-state index is 13.1. The van der Waals surface area contributed by atoms with E-state index in [2.05, 4.69) is 4.74 Å². The Bertz CT molecular complexity index is 716. The molecule has 0 bridgehead atoms. The van der Waals surface area contributed by atoms with Crippen molar-refractivity contribution in [2.45, 2.75) is 0 Å². The van der Waals surface area contributed by atoms with E-state index in [9.17, 15) is 18.4 Å². The second kappa shape index (κ2) is 9.94. The second-order valence-corrected chi connectivity index (χ2v) is 4.57. The molecule has 0 fully saturated rings. The molecule has 0 heterocycles. The molecular formula is C17H17F2NO6. The molecule has 2 aromatic carbocycles. The summed E-state index contributed by atoms with van der Waals surface area (Å²) in [5, 5.41) is 8.31. The van der Waals surface area contributed by atoms with Crippen LogP contribution in [0.5, 0.6) is 11.5 Å². The molecule has 9 heteroatoms. The number of amides is 1. The lowest BCUT2D eigenvalue weighted by Gasteiger charge is -2.06. The zero-order chi connectivity index (χ0) is 19.7. The predicted octanol–water partition coefficient (Wildman–Crippen LogP) is 2.57.